The van der Waals surface area contributed by atoms with Crippen molar-refractivity contribution in [2.24, 2.45) is 0 Å². The molecule has 1 unspecified atom stereocenters. The van der Waals surface area contributed by atoms with Crippen molar-refractivity contribution in [2.45, 2.75) is 44.6 Å². The number of ether oxygens (including phenoxy) is 2. The number of carbonyl (C=O) groups is 2. The lowest BCUT2D eigenvalue weighted by atomic mass is 9.95. The first-order valence-electron chi connectivity index (χ1n) is 9.58. The third-order valence-corrected chi connectivity index (χ3v) is 5.81. The van der Waals surface area contributed by atoms with Gasteiger partial charge in [-0.15, -0.1) is 0 Å². The Labute approximate surface area is 162 Å². The predicted molar refractivity (Wildman–Crippen MR) is 102 cm³/mol. The molecule has 3 amide bonds. The highest BCUT2D eigenvalue weighted by molar-refractivity contribution is 6.21. The highest BCUT2D eigenvalue weighted by Gasteiger charge is 2.53. The number of fused-ring (bicyclic) bond motifs is 2. The average Bonchev–Trinajstić information content (AvgIpc) is 3.28. The van der Waals surface area contributed by atoms with Crippen molar-refractivity contribution in [3.8, 4) is 17.4 Å². The smallest absolute Gasteiger partial charge is 0.329 e. The molecule has 0 radical (unpaired) electrons. The van der Waals surface area contributed by atoms with Crippen LogP contribution in [0.4, 0.5) is 10.5 Å². The van der Waals surface area contributed by atoms with Crippen LogP contribution in [0.1, 0.15) is 37.3 Å². The van der Waals surface area contributed by atoms with Crippen molar-refractivity contribution in [1.29, 1.82) is 0 Å². The number of rotatable bonds is 4. The molecule has 0 bridgehead atoms. The number of urea groups is 1. The van der Waals surface area contributed by atoms with Crippen LogP contribution in [0.2, 0.25) is 0 Å². The molecule has 1 saturated carbocycles. The van der Waals surface area contributed by atoms with Gasteiger partial charge in [-0.05, 0) is 43.9 Å². The Morgan fingerprint density at radius 2 is 2.11 bits per heavy atom. The third kappa shape index (κ3) is 2.46. The van der Waals surface area contributed by atoms with Crippen molar-refractivity contribution in [1.82, 2.24) is 10.3 Å². The van der Waals surface area contributed by atoms with Crippen LogP contribution in [0.15, 0.2) is 30.5 Å². The Balaban J connectivity index is 1.41. The Kier molecular flexibility index (Phi) is 3.62. The monoisotopic (exact) mass is 379 g/mol. The number of imide groups is 1. The van der Waals surface area contributed by atoms with E-state index in [1.54, 1.807) is 12.1 Å². The second kappa shape index (κ2) is 5.95. The maximum Gasteiger partial charge on any atom is 0.329 e. The molecule has 1 aromatic carbocycles. The Hall–Kier alpha value is -3.09. The lowest BCUT2D eigenvalue weighted by molar-refractivity contribution is -0.118. The van der Waals surface area contributed by atoms with Crippen LogP contribution in [0.25, 0.3) is 0 Å². The summed E-state index contributed by atoms with van der Waals surface area (Å²) < 4.78 is 12.0. The third-order valence-electron chi connectivity index (χ3n) is 5.81. The van der Waals surface area contributed by atoms with Crippen LogP contribution in [-0.4, -0.2) is 29.6 Å². The molecule has 2 aliphatic heterocycles. The van der Waals surface area contributed by atoms with Gasteiger partial charge in [0.25, 0.3) is 5.91 Å². The van der Waals surface area contributed by atoms with Crippen molar-refractivity contribution >= 4 is 17.6 Å². The van der Waals surface area contributed by atoms with Crippen LogP contribution >= 0.6 is 0 Å². The van der Waals surface area contributed by atoms with E-state index in [0.29, 0.717) is 24.6 Å². The summed E-state index contributed by atoms with van der Waals surface area (Å²) in [5.41, 5.74) is 2.77. The van der Waals surface area contributed by atoms with Crippen LogP contribution < -0.4 is 19.7 Å². The number of anilines is 1. The number of nitrogens with zero attached hydrogens (tertiary/aromatic N) is 2. The summed E-state index contributed by atoms with van der Waals surface area (Å²) in [5.74, 6) is 1.84. The quantitative estimate of drug-likeness (QED) is 0.823. The highest BCUT2D eigenvalue weighted by Crippen LogP contribution is 2.59. The summed E-state index contributed by atoms with van der Waals surface area (Å²) in [4.78, 5) is 29.9. The van der Waals surface area contributed by atoms with Gasteiger partial charge in [0.05, 0.1) is 18.5 Å². The zero-order valence-electron chi connectivity index (χ0n) is 15.8. The SMILES string of the molecule is CCC1NC(=O)N(c2ccc(Oc3ccc(C)c4c3C3(CC3)CO4)nc2)C1=O. The average molecular weight is 379 g/mol. The van der Waals surface area contributed by atoms with Gasteiger partial charge in [-0.3, -0.25) is 4.79 Å². The number of pyridine rings is 1. The van der Waals surface area contributed by atoms with E-state index >= 15 is 0 Å². The molecule has 7 nitrogen and oxygen atoms in total. The minimum atomic E-state index is -0.478. The van der Waals surface area contributed by atoms with Gasteiger partial charge < -0.3 is 14.8 Å². The minimum absolute atomic E-state index is 0.0891. The molecule has 7 heteroatoms. The molecule has 1 saturated heterocycles. The zero-order valence-corrected chi connectivity index (χ0v) is 15.8. The van der Waals surface area contributed by atoms with E-state index < -0.39 is 12.1 Å². The first-order valence-corrected chi connectivity index (χ1v) is 9.58. The van der Waals surface area contributed by atoms with Crippen molar-refractivity contribution in [2.75, 3.05) is 11.5 Å². The summed E-state index contributed by atoms with van der Waals surface area (Å²) in [5, 5.41) is 2.67. The predicted octanol–water partition coefficient (Wildman–Crippen LogP) is 3.44. The Morgan fingerprint density at radius 1 is 1.29 bits per heavy atom. The number of hydrogen-bond acceptors (Lipinski definition) is 5. The van der Waals surface area contributed by atoms with Gasteiger partial charge in [-0.2, -0.15) is 0 Å². The zero-order chi connectivity index (χ0) is 19.5. The second-order valence-corrected chi connectivity index (χ2v) is 7.69. The van der Waals surface area contributed by atoms with E-state index in [9.17, 15) is 9.59 Å². The van der Waals surface area contributed by atoms with E-state index in [0.717, 1.165) is 40.4 Å². The fourth-order valence-corrected chi connectivity index (χ4v) is 4.00. The lowest BCUT2D eigenvalue weighted by Crippen LogP contribution is -2.31. The van der Waals surface area contributed by atoms with E-state index in [1.165, 1.54) is 6.20 Å². The van der Waals surface area contributed by atoms with Crippen molar-refractivity contribution in [3.63, 3.8) is 0 Å². The summed E-state index contributed by atoms with van der Waals surface area (Å²) in [6.45, 7) is 4.61. The molecule has 5 rings (SSSR count). The maximum absolute atomic E-state index is 12.3. The molecule has 1 atom stereocenters. The van der Waals surface area contributed by atoms with Gasteiger partial charge in [0.15, 0.2) is 0 Å². The first kappa shape index (κ1) is 17.0. The van der Waals surface area contributed by atoms with Crippen molar-refractivity contribution in [3.05, 3.63) is 41.6 Å². The molecule has 3 aliphatic rings. The summed E-state index contributed by atoms with van der Waals surface area (Å²) >= 11 is 0. The molecule has 144 valence electrons. The maximum atomic E-state index is 12.3. The number of aryl methyl sites for hydroxylation is 1. The number of nitrogens with one attached hydrogen (secondary N) is 1. The number of benzene rings is 1. The molecule has 1 N–H and O–H groups in total. The van der Waals surface area contributed by atoms with Crippen LogP contribution in [-0.2, 0) is 10.2 Å². The number of aromatic nitrogens is 1. The number of amides is 3. The summed E-state index contributed by atoms with van der Waals surface area (Å²) in [6, 6.07) is 6.40. The fraction of sp³-hybridized carbons (Fsp3) is 0.381. The lowest BCUT2D eigenvalue weighted by Gasteiger charge is -2.15. The molecular formula is C21H21N3O4. The Morgan fingerprint density at radius 3 is 2.75 bits per heavy atom. The molecule has 1 aromatic heterocycles. The standard InChI is InChI=1S/C21H21N3O4/c1-3-14-19(25)24(20(26)23-14)13-5-7-16(22-10-13)28-15-6-4-12(2)18-17(15)21(8-9-21)11-27-18/h4-7,10,14H,3,8-9,11H2,1-2H3,(H,23,26). The minimum Gasteiger partial charge on any atom is -0.492 e. The molecule has 28 heavy (non-hydrogen) atoms. The van der Waals surface area contributed by atoms with E-state index in [-0.39, 0.29) is 11.3 Å². The van der Waals surface area contributed by atoms with Gasteiger partial charge >= 0.3 is 6.03 Å². The van der Waals surface area contributed by atoms with Crippen LogP contribution in [0.5, 0.6) is 17.4 Å². The van der Waals surface area contributed by atoms with Gasteiger partial charge in [0.2, 0.25) is 5.88 Å². The van der Waals surface area contributed by atoms with Gasteiger partial charge in [0, 0.05) is 17.0 Å². The topological polar surface area (TPSA) is 80.8 Å². The fourth-order valence-electron chi connectivity index (χ4n) is 4.00. The largest absolute Gasteiger partial charge is 0.492 e. The normalized spacial score (nSPS) is 21.5. The number of hydrogen-bond donors (Lipinski definition) is 1. The second-order valence-electron chi connectivity index (χ2n) is 7.69. The number of carbonyl (C=O) groups excluding carboxylic acids is 2. The molecule has 3 heterocycles. The highest BCUT2D eigenvalue weighted by atomic mass is 16.5. The van der Waals surface area contributed by atoms with Crippen LogP contribution in [0, 0.1) is 6.92 Å². The molecule has 1 aliphatic carbocycles. The summed E-state index contributed by atoms with van der Waals surface area (Å²) in [6.07, 6.45) is 4.26. The van der Waals surface area contributed by atoms with Crippen molar-refractivity contribution < 1.29 is 19.1 Å². The van der Waals surface area contributed by atoms with E-state index in [2.05, 4.69) is 10.3 Å². The van der Waals surface area contributed by atoms with Gasteiger partial charge in [-0.1, -0.05) is 13.0 Å². The first-order chi connectivity index (χ1) is 13.5. The summed E-state index contributed by atoms with van der Waals surface area (Å²) in [7, 11) is 0. The van der Waals surface area contributed by atoms with Crippen LogP contribution in [0.3, 0.4) is 0 Å². The van der Waals surface area contributed by atoms with E-state index in [1.807, 2.05) is 26.0 Å². The van der Waals surface area contributed by atoms with E-state index in [4.69, 9.17) is 9.47 Å². The van der Waals surface area contributed by atoms with Gasteiger partial charge in [-0.25, -0.2) is 14.7 Å². The molecule has 2 fully saturated rings. The molecular weight excluding hydrogens is 358 g/mol. The Bertz CT molecular complexity index is 982. The van der Waals surface area contributed by atoms with Gasteiger partial charge in [0.1, 0.15) is 17.5 Å². The molecule has 2 aromatic rings. The molecule has 1 spiro atoms.